The van der Waals surface area contributed by atoms with Gasteiger partial charge in [0.2, 0.25) is 17.7 Å². The lowest BCUT2D eigenvalue weighted by molar-refractivity contribution is -0.159. The van der Waals surface area contributed by atoms with Gasteiger partial charge in [0.05, 0.1) is 11.7 Å². The summed E-state index contributed by atoms with van der Waals surface area (Å²) in [6.07, 6.45) is 2.75. The van der Waals surface area contributed by atoms with E-state index in [1.54, 1.807) is 19.1 Å². The summed E-state index contributed by atoms with van der Waals surface area (Å²) in [7, 11) is 2.79. The lowest BCUT2D eigenvalue weighted by Gasteiger charge is -2.50. The van der Waals surface area contributed by atoms with Crippen molar-refractivity contribution in [2.75, 3.05) is 25.5 Å². The second-order valence-electron chi connectivity index (χ2n) is 9.32. The molecule has 36 heavy (non-hydrogen) atoms. The number of carbonyl (C=O) groups is 3. The molecular formula is C24H26N6O6. The average molecular weight is 495 g/mol. The SMILES string of the molecule is CCn1c(O)c(C=Nc2ccc3c(c2)CC2(C(=O)N(C)C(=O)N(C)C2=O)C2CCCN32)c(=O)[nH]c1=O. The Hall–Kier alpha value is -4.22. The molecule has 0 radical (unpaired) electrons. The first-order chi connectivity index (χ1) is 17.1. The van der Waals surface area contributed by atoms with Crippen molar-refractivity contribution in [3.63, 3.8) is 0 Å². The number of benzene rings is 1. The average Bonchev–Trinajstić information content (AvgIpc) is 3.35. The predicted octanol–water partition coefficient (Wildman–Crippen LogP) is 0.574. The standard InChI is InChI=1S/C24H26N6O6/c1-4-29-19(32)15(18(31)26-22(29)35)12-25-14-7-8-16-13(10-14)11-24(17-6-5-9-30(16)17)20(33)27(2)23(36)28(3)21(24)34/h7-8,10,12,17,32H,4-6,9,11H2,1-3H3,(H,26,31,35). The number of fused-ring (bicyclic) bond motifs is 4. The van der Waals surface area contributed by atoms with E-state index in [9.17, 15) is 29.1 Å². The topological polar surface area (TPSA) is 148 Å². The van der Waals surface area contributed by atoms with Crippen LogP contribution in [0.15, 0.2) is 32.8 Å². The first kappa shape index (κ1) is 23.5. The van der Waals surface area contributed by atoms with Gasteiger partial charge in [0.25, 0.3) is 5.56 Å². The zero-order valence-electron chi connectivity index (χ0n) is 20.1. The molecule has 3 aliphatic heterocycles. The van der Waals surface area contributed by atoms with Crippen molar-refractivity contribution in [3.8, 4) is 5.88 Å². The molecule has 1 aromatic heterocycles. The monoisotopic (exact) mass is 494 g/mol. The second-order valence-corrected chi connectivity index (χ2v) is 9.32. The first-order valence-corrected chi connectivity index (χ1v) is 11.7. The number of aromatic nitrogens is 2. The number of hydrogen-bond donors (Lipinski definition) is 2. The van der Waals surface area contributed by atoms with Gasteiger partial charge in [-0.25, -0.2) is 9.59 Å². The molecule has 2 aromatic rings. The highest BCUT2D eigenvalue weighted by atomic mass is 16.3. The van der Waals surface area contributed by atoms with Crippen molar-refractivity contribution in [1.82, 2.24) is 19.4 Å². The van der Waals surface area contributed by atoms with E-state index < -0.39 is 40.4 Å². The number of nitrogens with one attached hydrogen (secondary N) is 1. The maximum Gasteiger partial charge on any atom is 0.332 e. The molecule has 2 N–H and O–H groups in total. The summed E-state index contributed by atoms with van der Waals surface area (Å²) in [5, 5.41) is 10.4. The van der Waals surface area contributed by atoms with Crippen molar-refractivity contribution in [2.45, 2.75) is 38.8 Å². The van der Waals surface area contributed by atoms with E-state index >= 15 is 0 Å². The van der Waals surface area contributed by atoms with E-state index in [0.29, 0.717) is 18.7 Å². The Kier molecular flexibility index (Phi) is 5.34. The number of aromatic hydroxyl groups is 1. The summed E-state index contributed by atoms with van der Waals surface area (Å²) in [6.45, 7) is 2.49. The Balaban J connectivity index is 1.58. The number of aliphatic imine (C=N–C) groups is 1. The van der Waals surface area contributed by atoms with E-state index in [4.69, 9.17) is 0 Å². The van der Waals surface area contributed by atoms with Crippen LogP contribution < -0.4 is 16.1 Å². The molecule has 4 heterocycles. The third kappa shape index (κ3) is 3.13. The van der Waals surface area contributed by atoms with Crippen molar-refractivity contribution >= 4 is 35.4 Å². The Morgan fingerprint density at radius 2 is 1.83 bits per heavy atom. The number of nitrogens with zero attached hydrogens (tertiary/aromatic N) is 5. The van der Waals surface area contributed by atoms with Crippen LogP contribution in [0.1, 0.15) is 30.9 Å². The summed E-state index contributed by atoms with van der Waals surface area (Å²) in [5.74, 6) is -1.50. The highest BCUT2D eigenvalue weighted by Gasteiger charge is 2.63. The molecule has 0 bridgehead atoms. The molecule has 12 heteroatoms. The molecule has 5 rings (SSSR count). The molecule has 1 spiro atoms. The van der Waals surface area contributed by atoms with Gasteiger partial charge in [-0.2, -0.15) is 0 Å². The van der Waals surface area contributed by atoms with Crippen LogP contribution in [0.4, 0.5) is 16.2 Å². The maximum atomic E-state index is 13.5. The summed E-state index contributed by atoms with van der Waals surface area (Å²) < 4.78 is 1.02. The minimum Gasteiger partial charge on any atom is -0.494 e. The van der Waals surface area contributed by atoms with Gasteiger partial charge in [0, 0.05) is 39.1 Å². The fourth-order valence-corrected chi connectivity index (χ4v) is 5.71. The minimum absolute atomic E-state index is 0.110. The highest BCUT2D eigenvalue weighted by molar-refractivity contribution is 6.20. The summed E-state index contributed by atoms with van der Waals surface area (Å²) in [6, 6.07) is 4.34. The van der Waals surface area contributed by atoms with E-state index in [1.165, 1.54) is 20.3 Å². The zero-order valence-corrected chi connectivity index (χ0v) is 20.1. The van der Waals surface area contributed by atoms with Crippen LogP contribution in [-0.4, -0.2) is 75.2 Å². The second kappa shape index (κ2) is 8.18. The van der Waals surface area contributed by atoms with Gasteiger partial charge in [0.1, 0.15) is 5.56 Å². The smallest absolute Gasteiger partial charge is 0.332 e. The van der Waals surface area contributed by atoms with Crippen LogP contribution in [-0.2, 0) is 22.6 Å². The molecule has 188 valence electrons. The third-order valence-electron chi connectivity index (χ3n) is 7.48. The number of amides is 4. The van der Waals surface area contributed by atoms with Gasteiger partial charge in [-0.3, -0.25) is 38.7 Å². The van der Waals surface area contributed by atoms with Crippen molar-refractivity contribution in [3.05, 3.63) is 50.2 Å². The molecule has 1 aromatic carbocycles. The largest absolute Gasteiger partial charge is 0.494 e. The quantitative estimate of drug-likeness (QED) is 0.468. The molecular weight excluding hydrogens is 468 g/mol. The van der Waals surface area contributed by atoms with Gasteiger partial charge < -0.3 is 10.0 Å². The summed E-state index contributed by atoms with van der Waals surface area (Å²) in [5.41, 5.74) is -1.02. The number of hydrogen-bond acceptors (Lipinski definition) is 8. The molecule has 2 saturated heterocycles. The van der Waals surface area contributed by atoms with Crippen LogP contribution >= 0.6 is 0 Å². The van der Waals surface area contributed by atoms with Gasteiger partial charge in [-0.15, -0.1) is 0 Å². The Bertz CT molecular complexity index is 1430. The molecule has 1 unspecified atom stereocenters. The predicted molar refractivity (Wildman–Crippen MR) is 130 cm³/mol. The van der Waals surface area contributed by atoms with Crippen LogP contribution in [0.3, 0.4) is 0 Å². The fraction of sp³-hybridized carbons (Fsp3) is 0.417. The number of carbonyl (C=O) groups excluding carboxylic acids is 3. The van der Waals surface area contributed by atoms with E-state index in [0.717, 1.165) is 32.0 Å². The number of imide groups is 2. The van der Waals surface area contributed by atoms with E-state index in [-0.39, 0.29) is 24.6 Å². The minimum atomic E-state index is -1.42. The lowest BCUT2D eigenvalue weighted by Crippen LogP contribution is -2.70. The number of H-pyrrole nitrogens is 1. The molecule has 2 fully saturated rings. The Labute approximate surface area is 205 Å². The van der Waals surface area contributed by atoms with E-state index in [2.05, 4.69) is 14.9 Å². The fourth-order valence-electron chi connectivity index (χ4n) is 5.71. The lowest BCUT2D eigenvalue weighted by atomic mass is 9.68. The van der Waals surface area contributed by atoms with Crippen molar-refractivity contribution in [1.29, 1.82) is 0 Å². The molecule has 0 aliphatic carbocycles. The Morgan fingerprint density at radius 3 is 2.50 bits per heavy atom. The number of rotatable bonds is 3. The van der Waals surface area contributed by atoms with Gasteiger partial charge in [-0.05, 0) is 49.9 Å². The van der Waals surface area contributed by atoms with Crippen LogP contribution in [0.25, 0.3) is 0 Å². The molecule has 4 amide bonds. The third-order valence-corrected chi connectivity index (χ3v) is 7.48. The number of anilines is 1. The molecule has 3 aliphatic rings. The number of urea groups is 1. The number of aromatic amines is 1. The first-order valence-electron chi connectivity index (χ1n) is 11.7. The summed E-state index contributed by atoms with van der Waals surface area (Å²) in [4.78, 5) is 74.0. The van der Waals surface area contributed by atoms with E-state index in [1.807, 2.05) is 6.07 Å². The maximum absolute atomic E-state index is 13.5. The zero-order chi connectivity index (χ0) is 25.9. The van der Waals surface area contributed by atoms with Gasteiger partial charge in [-0.1, -0.05) is 0 Å². The van der Waals surface area contributed by atoms with Gasteiger partial charge in [0.15, 0.2) is 5.41 Å². The highest BCUT2D eigenvalue weighted by Crippen LogP contribution is 2.49. The normalized spacial score (nSPS) is 21.0. The van der Waals surface area contributed by atoms with Crippen LogP contribution in [0.2, 0.25) is 0 Å². The van der Waals surface area contributed by atoms with Crippen molar-refractivity contribution < 1.29 is 19.5 Å². The summed E-state index contributed by atoms with van der Waals surface area (Å²) >= 11 is 0. The Morgan fingerprint density at radius 1 is 1.14 bits per heavy atom. The van der Waals surface area contributed by atoms with Crippen LogP contribution in [0.5, 0.6) is 5.88 Å². The number of barbiturate groups is 1. The molecule has 1 atom stereocenters. The van der Waals surface area contributed by atoms with Crippen LogP contribution in [0, 0.1) is 5.41 Å². The van der Waals surface area contributed by atoms with Crippen molar-refractivity contribution in [2.24, 2.45) is 10.4 Å². The molecule has 12 nitrogen and oxygen atoms in total. The molecule has 0 saturated carbocycles. The van der Waals surface area contributed by atoms with Gasteiger partial charge >= 0.3 is 11.7 Å².